The van der Waals surface area contributed by atoms with Crippen LogP contribution in [0.5, 0.6) is 17.4 Å². The summed E-state index contributed by atoms with van der Waals surface area (Å²) in [5.41, 5.74) is 2.33. The Labute approximate surface area is 155 Å². The van der Waals surface area contributed by atoms with E-state index in [0.717, 1.165) is 6.07 Å². The van der Waals surface area contributed by atoms with E-state index >= 15 is 0 Å². The molecule has 1 atom stereocenters. The Bertz CT molecular complexity index is 1000. The zero-order valence-electron chi connectivity index (χ0n) is 13.5. The fourth-order valence-electron chi connectivity index (χ4n) is 2.22. The number of hydrogen-bond donors (Lipinski definition) is 3. The largest absolute Gasteiger partial charge is 0.759 e. The topological polar surface area (TPSA) is 107 Å². The highest BCUT2D eigenvalue weighted by Crippen LogP contribution is 2.30. The van der Waals surface area contributed by atoms with Crippen molar-refractivity contribution in [1.82, 2.24) is 9.82 Å². The van der Waals surface area contributed by atoms with Crippen LogP contribution in [-0.2, 0) is 11.3 Å². The average Bonchev–Trinajstić information content (AvgIpc) is 2.64. The average molecular weight is 392 g/mol. The number of rotatable bonds is 6. The molecule has 27 heavy (non-hydrogen) atoms. The van der Waals surface area contributed by atoms with Crippen molar-refractivity contribution < 1.29 is 27.4 Å². The number of phenols is 1. The van der Waals surface area contributed by atoms with E-state index in [-0.39, 0.29) is 28.6 Å². The Kier molecular flexibility index (Phi) is 5.60. The summed E-state index contributed by atoms with van der Waals surface area (Å²) in [6, 6.07) is 12.4. The lowest BCUT2D eigenvalue weighted by atomic mass is 10.1. The zero-order chi connectivity index (χ0) is 19.4. The molecule has 1 aromatic heterocycles. The van der Waals surface area contributed by atoms with Gasteiger partial charge in [-0.1, -0.05) is 12.1 Å². The molecule has 0 amide bonds. The number of anilines is 1. The van der Waals surface area contributed by atoms with Gasteiger partial charge in [-0.15, -0.1) is 0 Å². The van der Waals surface area contributed by atoms with Crippen LogP contribution >= 0.6 is 0 Å². The molecule has 0 aliphatic rings. The predicted octanol–water partition coefficient (Wildman–Crippen LogP) is 3.24. The maximum atomic E-state index is 14.1. The molecule has 2 aromatic carbocycles. The molecule has 1 heterocycles. The van der Waals surface area contributed by atoms with Crippen LogP contribution in [0.15, 0.2) is 54.6 Å². The highest BCUT2D eigenvalue weighted by atomic mass is 32.2. The van der Waals surface area contributed by atoms with Crippen LogP contribution in [0.25, 0.3) is 11.3 Å². The van der Waals surface area contributed by atoms with Gasteiger partial charge in [0, 0.05) is 29.0 Å². The van der Waals surface area contributed by atoms with Gasteiger partial charge in [0.25, 0.3) is 0 Å². The Balaban J connectivity index is 1.85. The van der Waals surface area contributed by atoms with E-state index in [1.165, 1.54) is 42.5 Å². The summed E-state index contributed by atoms with van der Waals surface area (Å²) in [5.74, 6) is -1.76. The van der Waals surface area contributed by atoms with Crippen molar-refractivity contribution in [3.63, 3.8) is 0 Å². The number of phenolic OH excluding ortho intramolecular Hbond substituents is 1. The molecule has 3 aromatic rings. The van der Waals surface area contributed by atoms with E-state index in [1.807, 2.05) is 4.83 Å². The van der Waals surface area contributed by atoms with Crippen molar-refractivity contribution in [3.8, 4) is 28.6 Å². The summed E-state index contributed by atoms with van der Waals surface area (Å²) < 4.78 is 54.3. The number of hydrogen-bond acceptors (Lipinski definition) is 6. The van der Waals surface area contributed by atoms with Gasteiger partial charge in [0.05, 0.1) is 11.4 Å². The lowest BCUT2D eigenvalue weighted by Crippen LogP contribution is -2.24. The number of aromatic nitrogens is 1. The van der Waals surface area contributed by atoms with Gasteiger partial charge in [-0.3, -0.25) is 4.21 Å². The first-order valence-electron chi connectivity index (χ1n) is 7.47. The molecule has 0 spiro atoms. The molecule has 140 valence electrons. The number of pyridine rings is 1. The summed E-state index contributed by atoms with van der Waals surface area (Å²) in [7, 11) is 0. The summed E-state index contributed by atoms with van der Waals surface area (Å²) in [6.07, 6.45) is 0. The molecule has 0 saturated carbocycles. The number of nitrogens with zero attached hydrogens (tertiary/aromatic N) is 1. The van der Waals surface area contributed by atoms with Gasteiger partial charge in [-0.2, -0.15) is 4.83 Å². The van der Waals surface area contributed by atoms with Gasteiger partial charge in [-0.25, -0.2) is 13.8 Å². The van der Waals surface area contributed by atoms with Crippen LogP contribution in [0.4, 0.5) is 14.5 Å². The molecule has 0 aliphatic heterocycles. The molecule has 3 rings (SSSR count). The van der Waals surface area contributed by atoms with Crippen molar-refractivity contribution in [2.75, 3.05) is 5.43 Å². The molecule has 0 bridgehead atoms. The Morgan fingerprint density at radius 3 is 2.67 bits per heavy atom. The molecule has 0 radical (unpaired) electrons. The zero-order valence-corrected chi connectivity index (χ0v) is 14.3. The van der Waals surface area contributed by atoms with Gasteiger partial charge >= 0.3 is 0 Å². The second kappa shape index (κ2) is 8.08. The summed E-state index contributed by atoms with van der Waals surface area (Å²) >= 11 is -2.63. The highest BCUT2D eigenvalue weighted by molar-refractivity contribution is 7.77. The quantitative estimate of drug-likeness (QED) is 0.439. The first-order chi connectivity index (χ1) is 12.9. The normalized spacial score (nSPS) is 11.8. The molecular formula is C17H12F2N3O4S-. The van der Waals surface area contributed by atoms with Crippen molar-refractivity contribution in [2.24, 2.45) is 0 Å². The number of hydrazine groups is 1. The number of nitrogens with one attached hydrogen (secondary N) is 2. The van der Waals surface area contributed by atoms with Crippen LogP contribution in [-0.4, -0.2) is 18.9 Å². The van der Waals surface area contributed by atoms with Gasteiger partial charge in [-0.05, 0) is 30.3 Å². The third-order valence-corrected chi connectivity index (χ3v) is 3.68. The van der Waals surface area contributed by atoms with E-state index < -0.39 is 28.7 Å². The SMILES string of the molecule is O=S([O-])NNc1cc(Oc2cccc(-c3cccc(O)c3F)n2)ccc1F. The third-order valence-electron chi connectivity index (χ3n) is 3.41. The molecule has 0 aliphatic carbocycles. The lowest BCUT2D eigenvalue weighted by Gasteiger charge is -2.12. The number of halogens is 2. The monoisotopic (exact) mass is 392 g/mol. The van der Waals surface area contributed by atoms with Gasteiger partial charge < -0.3 is 19.8 Å². The molecular weight excluding hydrogens is 380 g/mol. The van der Waals surface area contributed by atoms with Crippen molar-refractivity contribution >= 4 is 17.0 Å². The van der Waals surface area contributed by atoms with E-state index in [0.29, 0.717) is 0 Å². The summed E-state index contributed by atoms with van der Waals surface area (Å²) in [4.78, 5) is 5.99. The van der Waals surface area contributed by atoms with Crippen LogP contribution in [0, 0.1) is 11.6 Å². The molecule has 3 N–H and O–H groups in total. The van der Waals surface area contributed by atoms with E-state index in [2.05, 4.69) is 10.4 Å². The molecule has 7 nitrogen and oxygen atoms in total. The number of aromatic hydroxyl groups is 1. The number of benzene rings is 2. The van der Waals surface area contributed by atoms with E-state index in [9.17, 15) is 22.6 Å². The highest BCUT2D eigenvalue weighted by Gasteiger charge is 2.12. The Morgan fingerprint density at radius 1 is 1.11 bits per heavy atom. The van der Waals surface area contributed by atoms with Gasteiger partial charge in [0.1, 0.15) is 11.6 Å². The fourth-order valence-corrected chi connectivity index (χ4v) is 2.41. The van der Waals surface area contributed by atoms with Crippen LogP contribution in [0.3, 0.4) is 0 Å². The molecule has 0 fully saturated rings. The minimum absolute atomic E-state index is 0.0871. The molecule has 0 saturated heterocycles. The van der Waals surface area contributed by atoms with Crippen LogP contribution in [0.2, 0.25) is 0 Å². The van der Waals surface area contributed by atoms with Crippen LogP contribution in [0.1, 0.15) is 0 Å². The van der Waals surface area contributed by atoms with E-state index in [4.69, 9.17) is 4.74 Å². The second-order valence-electron chi connectivity index (χ2n) is 5.21. The molecule has 1 unspecified atom stereocenters. The van der Waals surface area contributed by atoms with E-state index in [1.54, 1.807) is 6.07 Å². The second-order valence-corrected chi connectivity index (χ2v) is 5.88. The third kappa shape index (κ3) is 4.56. The van der Waals surface area contributed by atoms with Gasteiger partial charge in [0.15, 0.2) is 11.6 Å². The minimum atomic E-state index is -2.63. The Hall–Kier alpha value is -3.08. The standard InChI is InChI=1S/C17H13F2N3O4S/c18-12-8-7-10(9-14(12)21-22-27(24)25)26-16-6-2-4-13(20-16)11-3-1-5-15(23)17(11)19/h1-9,21-23H,(H,24,25)/p-1. The minimum Gasteiger partial charge on any atom is -0.759 e. The smallest absolute Gasteiger partial charge is 0.219 e. The lowest BCUT2D eigenvalue weighted by molar-refractivity contribution is 0.433. The van der Waals surface area contributed by atoms with Gasteiger partial charge in [0.2, 0.25) is 5.88 Å². The first kappa shape index (κ1) is 18.7. The summed E-state index contributed by atoms with van der Waals surface area (Å²) in [6.45, 7) is 0. The van der Waals surface area contributed by atoms with Crippen molar-refractivity contribution in [1.29, 1.82) is 0 Å². The van der Waals surface area contributed by atoms with Crippen LogP contribution < -0.4 is 15.0 Å². The first-order valence-corrected chi connectivity index (χ1v) is 8.55. The van der Waals surface area contributed by atoms with Crippen molar-refractivity contribution in [2.45, 2.75) is 0 Å². The maximum Gasteiger partial charge on any atom is 0.219 e. The molecule has 10 heteroatoms. The summed E-state index contributed by atoms with van der Waals surface area (Å²) in [5, 5.41) is 9.49. The predicted molar refractivity (Wildman–Crippen MR) is 93.4 cm³/mol. The maximum absolute atomic E-state index is 14.1. The Morgan fingerprint density at radius 2 is 1.89 bits per heavy atom. The fraction of sp³-hybridized carbons (Fsp3) is 0. The van der Waals surface area contributed by atoms with Crippen molar-refractivity contribution in [3.05, 3.63) is 66.2 Å². The number of ether oxygens (including phenoxy) is 1.